The van der Waals surface area contributed by atoms with Crippen molar-refractivity contribution < 1.29 is 9.72 Å². The van der Waals surface area contributed by atoms with Gasteiger partial charge in [-0.2, -0.15) is 0 Å². The lowest BCUT2D eigenvalue weighted by molar-refractivity contribution is -0.384. The summed E-state index contributed by atoms with van der Waals surface area (Å²) in [4.78, 5) is 30.0. The Bertz CT molecular complexity index is 1110. The molecule has 9 heteroatoms. The molecule has 1 amide bonds. The average molecular weight is 445 g/mol. The maximum absolute atomic E-state index is 12.4. The number of halogens is 1. The number of benzene rings is 2. The van der Waals surface area contributed by atoms with Crippen LogP contribution in [0.15, 0.2) is 36.4 Å². The highest BCUT2D eigenvalue weighted by Crippen LogP contribution is 2.34. The average Bonchev–Trinajstić information content (AvgIpc) is 3.13. The molecule has 0 aliphatic carbocycles. The highest BCUT2D eigenvalue weighted by atomic mass is 35.5. The summed E-state index contributed by atoms with van der Waals surface area (Å²) in [6.07, 6.45) is 1.84. The summed E-state index contributed by atoms with van der Waals surface area (Å²) in [7, 11) is 0. The molecule has 156 valence electrons. The number of aryl methyl sites for hydroxylation is 1. The number of carbonyl (C=O) groups is 1. The third kappa shape index (κ3) is 4.61. The fraction of sp³-hybridized carbons (Fsp3) is 0.333. The number of hydrogen-bond donors (Lipinski definition) is 1. The van der Waals surface area contributed by atoms with Crippen LogP contribution in [0.2, 0.25) is 5.02 Å². The molecule has 0 spiro atoms. The number of hydrogen-bond acceptors (Lipinski definition) is 6. The molecule has 7 nitrogen and oxygen atoms in total. The Morgan fingerprint density at radius 2 is 2.07 bits per heavy atom. The SMILES string of the molecule is Cc1ccc(NC(=O)CN2CCC(c3nc4cc(Cl)ccc4s3)CC2)c([N+](=O)[O-])c1. The second-order valence-corrected chi connectivity index (χ2v) is 9.04. The third-order valence-electron chi connectivity index (χ3n) is 5.29. The Kier molecular flexibility index (Phi) is 5.99. The molecule has 0 saturated carbocycles. The second-order valence-electron chi connectivity index (χ2n) is 7.54. The van der Waals surface area contributed by atoms with Gasteiger partial charge in [0.05, 0.1) is 26.7 Å². The zero-order valence-corrected chi connectivity index (χ0v) is 18.0. The molecule has 1 aromatic heterocycles. The van der Waals surface area contributed by atoms with Crippen molar-refractivity contribution in [1.29, 1.82) is 0 Å². The van der Waals surface area contributed by atoms with Crippen LogP contribution < -0.4 is 5.32 Å². The number of likely N-dealkylation sites (tertiary alicyclic amines) is 1. The number of thiazole rings is 1. The molecule has 2 aromatic carbocycles. The Labute approximate surface area is 182 Å². The van der Waals surface area contributed by atoms with Crippen molar-refractivity contribution in [3.05, 3.63) is 62.1 Å². The Morgan fingerprint density at radius 3 is 2.80 bits per heavy atom. The van der Waals surface area contributed by atoms with Crippen LogP contribution in [0.1, 0.15) is 29.3 Å². The highest BCUT2D eigenvalue weighted by molar-refractivity contribution is 7.18. The molecule has 1 aliphatic heterocycles. The smallest absolute Gasteiger partial charge is 0.293 e. The zero-order chi connectivity index (χ0) is 21.3. The van der Waals surface area contributed by atoms with Crippen LogP contribution in [-0.2, 0) is 4.79 Å². The predicted molar refractivity (Wildman–Crippen MR) is 120 cm³/mol. The summed E-state index contributed by atoms with van der Waals surface area (Å²) in [5.74, 6) is 0.133. The van der Waals surface area contributed by atoms with E-state index >= 15 is 0 Å². The molecule has 0 bridgehead atoms. The van der Waals surface area contributed by atoms with E-state index in [1.54, 1.807) is 30.4 Å². The highest BCUT2D eigenvalue weighted by Gasteiger charge is 2.25. The van der Waals surface area contributed by atoms with E-state index in [1.807, 2.05) is 18.2 Å². The summed E-state index contributed by atoms with van der Waals surface area (Å²) < 4.78 is 1.14. The Balaban J connectivity index is 1.34. The Hall–Kier alpha value is -2.55. The molecule has 1 N–H and O–H groups in total. The molecule has 1 saturated heterocycles. The number of piperidine rings is 1. The van der Waals surface area contributed by atoms with Crippen molar-refractivity contribution in [2.24, 2.45) is 0 Å². The number of nitro benzene ring substituents is 1. The third-order valence-corrected chi connectivity index (χ3v) is 6.73. The minimum absolute atomic E-state index is 0.0852. The Morgan fingerprint density at radius 1 is 1.30 bits per heavy atom. The van der Waals surface area contributed by atoms with Gasteiger partial charge in [0.2, 0.25) is 5.91 Å². The van der Waals surface area contributed by atoms with E-state index in [-0.39, 0.29) is 23.8 Å². The van der Waals surface area contributed by atoms with Gasteiger partial charge in [-0.25, -0.2) is 4.98 Å². The number of nitro groups is 1. The molecule has 0 unspecified atom stereocenters. The lowest BCUT2D eigenvalue weighted by atomic mass is 9.97. The van der Waals surface area contributed by atoms with Crippen molar-refractivity contribution in [1.82, 2.24) is 9.88 Å². The summed E-state index contributed by atoms with van der Waals surface area (Å²) >= 11 is 7.76. The van der Waals surface area contributed by atoms with E-state index in [1.165, 1.54) is 6.07 Å². The van der Waals surface area contributed by atoms with Gasteiger partial charge >= 0.3 is 0 Å². The lowest BCUT2D eigenvalue weighted by Gasteiger charge is -2.30. The van der Waals surface area contributed by atoms with Crippen molar-refractivity contribution in [2.45, 2.75) is 25.7 Å². The molecule has 0 radical (unpaired) electrons. The van der Waals surface area contributed by atoms with Gasteiger partial charge < -0.3 is 5.32 Å². The number of nitrogens with zero attached hydrogens (tertiary/aromatic N) is 3. The molecule has 0 atom stereocenters. The second kappa shape index (κ2) is 8.67. The summed E-state index contributed by atoms with van der Waals surface area (Å²) in [6.45, 7) is 3.56. The normalized spacial score (nSPS) is 15.4. The van der Waals surface area contributed by atoms with E-state index in [9.17, 15) is 14.9 Å². The maximum atomic E-state index is 12.4. The molecule has 30 heavy (non-hydrogen) atoms. The lowest BCUT2D eigenvalue weighted by Crippen LogP contribution is -2.38. The quantitative estimate of drug-likeness (QED) is 0.442. The monoisotopic (exact) mass is 444 g/mol. The number of anilines is 1. The van der Waals surface area contributed by atoms with Gasteiger partial charge in [0.15, 0.2) is 0 Å². The van der Waals surface area contributed by atoms with Crippen LogP contribution in [0.3, 0.4) is 0 Å². The summed E-state index contributed by atoms with van der Waals surface area (Å²) in [5.41, 5.74) is 1.86. The van der Waals surface area contributed by atoms with Crippen molar-refractivity contribution in [3.8, 4) is 0 Å². The minimum atomic E-state index is -0.473. The maximum Gasteiger partial charge on any atom is 0.293 e. The molecule has 1 fully saturated rings. The van der Waals surface area contributed by atoms with E-state index < -0.39 is 4.92 Å². The van der Waals surface area contributed by atoms with Crippen molar-refractivity contribution in [3.63, 3.8) is 0 Å². The molecule has 1 aliphatic rings. The molecular weight excluding hydrogens is 424 g/mol. The first-order valence-corrected chi connectivity index (χ1v) is 10.9. The standard InChI is InChI=1S/C21H21ClN4O3S/c1-13-2-4-16(18(10-13)26(28)29)23-20(27)12-25-8-6-14(7-9-25)21-24-17-11-15(22)3-5-19(17)30-21/h2-5,10-11,14H,6-9,12H2,1H3,(H,23,27). The van der Waals surface area contributed by atoms with E-state index in [4.69, 9.17) is 16.6 Å². The number of amides is 1. The molecule has 4 rings (SSSR count). The van der Waals surface area contributed by atoms with E-state index in [0.717, 1.165) is 46.7 Å². The van der Waals surface area contributed by atoms with Crippen molar-refractivity contribution in [2.75, 3.05) is 25.0 Å². The van der Waals surface area contributed by atoms with Gasteiger partial charge in [-0.05, 0) is 62.7 Å². The van der Waals surface area contributed by atoms with Crippen LogP contribution in [0.4, 0.5) is 11.4 Å². The summed E-state index contributed by atoms with van der Waals surface area (Å²) in [6, 6.07) is 10.6. The molecular formula is C21H21ClN4O3S. The topological polar surface area (TPSA) is 88.4 Å². The number of carbonyl (C=O) groups excluding carboxylic acids is 1. The predicted octanol–water partition coefficient (Wildman–Crippen LogP) is 4.98. The van der Waals surface area contributed by atoms with E-state index in [0.29, 0.717) is 10.9 Å². The molecule has 3 aromatic rings. The first kappa shape index (κ1) is 20.7. The first-order chi connectivity index (χ1) is 14.4. The number of aromatic nitrogens is 1. The first-order valence-electron chi connectivity index (χ1n) is 9.72. The van der Waals surface area contributed by atoms with Crippen LogP contribution >= 0.6 is 22.9 Å². The zero-order valence-electron chi connectivity index (χ0n) is 16.4. The summed E-state index contributed by atoms with van der Waals surface area (Å²) in [5, 5.41) is 15.7. The number of nitrogens with one attached hydrogen (secondary N) is 1. The fourth-order valence-electron chi connectivity index (χ4n) is 3.72. The van der Waals surface area contributed by atoms with Gasteiger partial charge in [-0.1, -0.05) is 17.7 Å². The van der Waals surface area contributed by atoms with Gasteiger partial charge in [0, 0.05) is 17.0 Å². The van der Waals surface area contributed by atoms with Gasteiger partial charge in [0.25, 0.3) is 5.69 Å². The van der Waals surface area contributed by atoms with Gasteiger partial charge in [0.1, 0.15) is 5.69 Å². The minimum Gasteiger partial charge on any atom is -0.319 e. The largest absolute Gasteiger partial charge is 0.319 e. The molecule has 2 heterocycles. The number of fused-ring (bicyclic) bond motifs is 1. The van der Waals surface area contributed by atoms with Crippen LogP contribution in [0.5, 0.6) is 0 Å². The van der Waals surface area contributed by atoms with Crippen LogP contribution in [0.25, 0.3) is 10.2 Å². The van der Waals surface area contributed by atoms with E-state index in [2.05, 4.69) is 10.2 Å². The van der Waals surface area contributed by atoms with Gasteiger partial charge in [-0.15, -0.1) is 11.3 Å². The van der Waals surface area contributed by atoms with Crippen LogP contribution in [-0.4, -0.2) is 40.3 Å². The van der Waals surface area contributed by atoms with Crippen LogP contribution in [0, 0.1) is 17.0 Å². The van der Waals surface area contributed by atoms with Gasteiger partial charge in [-0.3, -0.25) is 19.8 Å². The number of rotatable bonds is 5. The fourth-order valence-corrected chi connectivity index (χ4v) is 5.01. The van der Waals surface area contributed by atoms with Crippen molar-refractivity contribution >= 4 is 50.4 Å².